The average Bonchev–Trinajstić information content (AvgIpc) is 3.24. The van der Waals surface area contributed by atoms with E-state index in [0.29, 0.717) is 27.3 Å². The monoisotopic (exact) mass is 417 g/mol. The summed E-state index contributed by atoms with van der Waals surface area (Å²) in [4.78, 5) is 22.5. The van der Waals surface area contributed by atoms with Crippen LogP contribution < -0.4 is 5.43 Å². The van der Waals surface area contributed by atoms with Crippen LogP contribution in [-0.4, -0.2) is 17.0 Å². The first-order valence-corrected chi connectivity index (χ1v) is 8.17. The van der Waals surface area contributed by atoms with Crippen molar-refractivity contribution in [1.82, 2.24) is 5.43 Å². The molecule has 1 amide bonds. The van der Waals surface area contributed by atoms with E-state index >= 15 is 0 Å². The Bertz CT molecular complexity index is 1010. The van der Waals surface area contributed by atoms with Crippen LogP contribution in [0.3, 0.4) is 0 Å². The molecule has 0 atom stereocenters. The third-order valence-electron chi connectivity index (χ3n) is 3.37. The van der Waals surface area contributed by atoms with Crippen molar-refractivity contribution in [2.45, 2.75) is 6.92 Å². The van der Waals surface area contributed by atoms with Gasteiger partial charge in [0.1, 0.15) is 17.3 Å². The fourth-order valence-electron chi connectivity index (χ4n) is 2.20. The molecule has 132 valence electrons. The summed E-state index contributed by atoms with van der Waals surface area (Å²) in [6, 6.07) is 11.1. The van der Waals surface area contributed by atoms with Crippen LogP contribution in [0.2, 0.25) is 0 Å². The number of amides is 1. The summed E-state index contributed by atoms with van der Waals surface area (Å²) in [5, 5.41) is 15.0. The molecule has 2 heterocycles. The number of carbonyl (C=O) groups is 1. The van der Waals surface area contributed by atoms with E-state index in [2.05, 4.69) is 26.5 Å². The summed E-state index contributed by atoms with van der Waals surface area (Å²) >= 11 is 3.21. The molecule has 0 saturated carbocycles. The summed E-state index contributed by atoms with van der Waals surface area (Å²) in [6.45, 7) is 1.73. The molecule has 0 aliphatic heterocycles. The molecule has 0 fully saturated rings. The van der Waals surface area contributed by atoms with Crippen molar-refractivity contribution in [2.75, 3.05) is 0 Å². The van der Waals surface area contributed by atoms with Crippen molar-refractivity contribution in [3.8, 4) is 11.3 Å². The highest BCUT2D eigenvalue weighted by molar-refractivity contribution is 9.10. The summed E-state index contributed by atoms with van der Waals surface area (Å²) in [6.07, 6.45) is 1.29. The van der Waals surface area contributed by atoms with Crippen LogP contribution in [0, 0.1) is 17.0 Å². The van der Waals surface area contributed by atoms with Gasteiger partial charge in [-0.25, -0.2) is 5.43 Å². The van der Waals surface area contributed by atoms with Crippen molar-refractivity contribution in [1.29, 1.82) is 0 Å². The highest BCUT2D eigenvalue weighted by atomic mass is 79.9. The molecule has 26 heavy (non-hydrogen) atoms. The third kappa shape index (κ3) is 3.89. The quantitative estimate of drug-likeness (QED) is 0.378. The molecule has 0 spiro atoms. The molecular weight excluding hydrogens is 406 g/mol. The van der Waals surface area contributed by atoms with Crippen LogP contribution >= 0.6 is 15.9 Å². The minimum Gasteiger partial charge on any atom is -0.456 e. The first kappa shape index (κ1) is 17.6. The molecule has 3 aromatic rings. The maximum Gasteiger partial charge on any atom is 0.307 e. The van der Waals surface area contributed by atoms with Gasteiger partial charge in [-0.2, -0.15) is 5.10 Å². The fourth-order valence-corrected chi connectivity index (χ4v) is 2.55. The van der Waals surface area contributed by atoms with Gasteiger partial charge in [0, 0.05) is 10.5 Å². The smallest absolute Gasteiger partial charge is 0.307 e. The number of carbonyl (C=O) groups excluding carboxylic acids is 1. The number of benzene rings is 1. The molecule has 0 radical (unpaired) electrons. The molecule has 2 aromatic heterocycles. The maximum absolute atomic E-state index is 11.8. The molecule has 1 aromatic carbocycles. The van der Waals surface area contributed by atoms with E-state index in [-0.39, 0.29) is 11.4 Å². The number of nitrogens with zero attached hydrogens (tertiary/aromatic N) is 2. The number of rotatable bonds is 5. The van der Waals surface area contributed by atoms with Crippen LogP contribution in [-0.2, 0) is 0 Å². The average molecular weight is 418 g/mol. The van der Waals surface area contributed by atoms with Crippen LogP contribution in [0.5, 0.6) is 0 Å². The minimum absolute atomic E-state index is 0.0845. The molecule has 8 nitrogen and oxygen atoms in total. The van der Waals surface area contributed by atoms with E-state index in [1.165, 1.54) is 18.3 Å². The lowest BCUT2D eigenvalue weighted by Gasteiger charge is -2.00. The number of nitro groups is 1. The lowest BCUT2D eigenvalue weighted by atomic mass is 10.1. The Morgan fingerprint density at radius 2 is 2.04 bits per heavy atom. The Kier molecular flexibility index (Phi) is 4.99. The van der Waals surface area contributed by atoms with Crippen molar-refractivity contribution < 1.29 is 18.6 Å². The molecular formula is C17H12BrN3O5. The molecule has 3 rings (SSSR count). The van der Waals surface area contributed by atoms with Gasteiger partial charge < -0.3 is 8.83 Å². The summed E-state index contributed by atoms with van der Waals surface area (Å²) in [5.74, 6) is 0.910. The molecule has 1 N–H and O–H groups in total. The highest BCUT2D eigenvalue weighted by Crippen LogP contribution is 2.33. The van der Waals surface area contributed by atoms with Crippen molar-refractivity contribution in [3.05, 3.63) is 74.3 Å². The fraction of sp³-hybridized carbons (Fsp3) is 0.0588. The molecule has 0 saturated heterocycles. The van der Waals surface area contributed by atoms with E-state index in [1.807, 2.05) is 0 Å². The second-order valence-electron chi connectivity index (χ2n) is 5.23. The molecule has 9 heteroatoms. The maximum atomic E-state index is 11.8. The van der Waals surface area contributed by atoms with Crippen LogP contribution in [0.15, 0.2) is 60.9 Å². The zero-order valence-corrected chi connectivity index (χ0v) is 15.0. The lowest BCUT2D eigenvalue weighted by molar-refractivity contribution is -0.384. The molecule has 0 bridgehead atoms. The zero-order chi connectivity index (χ0) is 18.7. The van der Waals surface area contributed by atoms with E-state index < -0.39 is 10.8 Å². The van der Waals surface area contributed by atoms with Gasteiger partial charge in [0.15, 0.2) is 5.76 Å². The first-order chi connectivity index (χ1) is 12.4. The van der Waals surface area contributed by atoms with Crippen molar-refractivity contribution in [2.24, 2.45) is 5.10 Å². The minimum atomic E-state index is -0.496. The van der Waals surface area contributed by atoms with E-state index in [1.54, 1.807) is 37.3 Å². The Balaban J connectivity index is 1.74. The second kappa shape index (κ2) is 7.36. The number of hydrogen-bond acceptors (Lipinski definition) is 6. The van der Waals surface area contributed by atoms with E-state index in [0.717, 1.165) is 0 Å². The predicted octanol–water partition coefficient (Wildman–Crippen LogP) is 4.28. The number of furan rings is 2. The molecule has 0 aliphatic carbocycles. The zero-order valence-electron chi connectivity index (χ0n) is 13.4. The summed E-state index contributed by atoms with van der Waals surface area (Å²) in [5.41, 5.74) is 2.57. The van der Waals surface area contributed by atoms with Crippen LogP contribution in [0.1, 0.15) is 22.1 Å². The summed E-state index contributed by atoms with van der Waals surface area (Å²) < 4.78 is 11.3. The van der Waals surface area contributed by atoms with Gasteiger partial charge in [-0.05, 0) is 43.3 Å². The Morgan fingerprint density at radius 3 is 2.73 bits per heavy atom. The normalized spacial score (nSPS) is 11.0. The number of hydrogen-bond donors (Lipinski definition) is 1. The van der Waals surface area contributed by atoms with Crippen LogP contribution in [0.4, 0.5) is 5.69 Å². The SMILES string of the molecule is Cc1ccc(C(=O)NN=Cc2ccc(-c3ccc(Br)cc3[N+](=O)[O-])o2)o1. The van der Waals surface area contributed by atoms with Gasteiger partial charge in [0.25, 0.3) is 5.69 Å². The van der Waals surface area contributed by atoms with Crippen molar-refractivity contribution in [3.63, 3.8) is 0 Å². The number of hydrazone groups is 1. The topological polar surface area (TPSA) is 111 Å². The van der Waals surface area contributed by atoms with Gasteiger partial charge in [0.05, 0.1) is 16.7 Å². The largest absolute Gasteiger partial charge is 0.456 e. The van der Waals surface area contributed by atoms with Gasteiger partial charge in [0.2, 0.25) is 0 Å². The second-order valence-corrected chi connectivity index (χ2v) is 6.15. The number of nitro benzene ring substituents is 1. The summed E-state index contributed by atoms with van der Waals surface area (Å²) in [7, 11) is 0. The van der Waals surface area contributed by atoms with E-state index in [4.69, 9.17) is 8.83 Å². The van der Waals surface area contributed by atoms with Crippen molar-refractivity contribution >= 4 is 33.7 Å². The van der Waals surface area contributed by atoms with Crippen LogP contribution in [0.25, 0.3) is 11.3 Å². The Morgan fingerprint density at radius 1 is 1.23 bits per heavy atom. The van der Waals surface area contributed by atoms with Gasteiger partial charge in [-0.1, -0.05) is 15.9 Å². The van der Waals surface area contributed by atoms with Gasteiger partial charge >= 0.3 is 5.91 Å². The number of nitrogens with one attached hydrogen (secondary N) is 1. The van der Waals surface area contributed by atoms with Gasteiger partial charge in [-0.15, -0.1) is 0 Å². The standard InChI is InChI=1S/C17H12BrN3O5/c1-10-2-6-16(25-10)17(22)20-19-9-12-4-7-15(26-12)13-5-3-11(18)8-14(13)21(23)24/h2-9H,1H3,(H,20,22). The van der Waals surface area contributed by atoms with E-state index in [9.17, 15) is 14.9 Å². The molecule has 0 aliphatic rings. The number of halogens is 1. The predicted molar refractivity (Wildman–Crippen MR) is 97.0 cm³/mol. The highest BCUT2D eigenvalue weighted by Gasteiger charge is 2.18. The Hall–Kier alpha value is -3.20. The molecule has 0 unspecified atom stereocenters. The first-order valence-electron chi connectivity index (χ1n) is 7.38. The lowest BCUT2D eigenvalue weighted by Crippen LogP contribution is -2.16. The van der Waals surface area contributed by atoms with Gasteiger partial charge in [-0.3, -0.25) is 14.9 Å². The third-order valence-corrected chi connectivity index (χ3v) is 3.86. The number of aryl methyl sites for hydroxylation is 1. The Labute approximate surface area is 155 Å².